The third kappa shape index (κ3) is 7.27. The third-order valence-corrected chi connectivity index (χ3v) is 9.45. The maximum atomic E-state index is 13.0. The Morgan fingerprint density at radius 2 is 1.41 bits per heavy atom. The molecule has 13 heteroatoms. The van der Waals surface area contributed by atoms with Crippen molar-refractivity contribution in [3.05, 3.63) is 144 Å². The lowest BCUT2D eigenvalue weighted by atomic mass is 9.80. The number of nitrogens with zero attached hydrogens (tertiary/aromatic N) is 4. The molecule has 54 heavy (non-hydrogen) atoms. The van der Waals surface area contributed by atoms with Crippen molar-refractivity contribution in [3.63, 3.8) is 0 Å². The second kappa shape index (κ2) is 16.5. The summed E-state index contributed by atoms with van der Waals surface area (Å²) in [6.45, 7) is 0.442. The maximum Gasteiger partial charge on any atom is 0.256 e. The van der Waals surface area contributed by atoms with Crippen molar-refractivity contribution in [3.8, 4) is 11.5 Å². The number of aliphatic hydroxyl groups is 1. The highest BCUT2D eigenvalue weighted by Crippen LogP contribution is 2.43. The van der Waals surface area contributed by atoms with Crippen LogP contribution in [-0.2, 0) is 24.5 Å². The molecule has 6 aromatic rings. The standard InChI is InChI=1S/C41H41N5O8/c1-49-22-23-52-36-35(47)33(54-40(36)46-26-44-34-37(42-25-43-38(34)46)45-39(48)27-10-6-4-7-11-27)24-53-41(28-12-8-5-9-13-28,29-14-18-31(50-2)19-15-29)30-16-20-32(51-3)21-17-30/h4-21,25-26,33,35-36,40,47H,22-24H2,1-3H3,(H,42,43,45,48)/t33-,35-,36-,40-/m0/s1. The summed E-state index contributed by atoms with van der Waals surface area (Å²) < 4.78 is 37.8. The molecule has 4 aromatic carbocycles. The number of carbonyl (C=O) groups excluding carboxylic acids is 1. The second-order valence-corrected chi connectivity index (χ2v) is 12.6. The molecule has 0 bridgehead atoms. The zero-order valence-electron chi connectivity index (χ0n) is 30.1. The first-order valence-corrected chi connectivity index (χ1v) is 17.4. The lowest BCUT2D eigenvalue weighted by Gasteiger charge is -2.37. The fourth-order valence-electron chi connectivity index (χ4n) is 6.71. The largest absolute Gasteiger partial charge is 0.497 e. The zero-order valence-corrected chi connectivity index (χ0v) is 30.1. The van der Waals surface area contributed by atoms with E-state index in [2.05, 4.69) is 20.3 Å². The van der Waals surface area contributed by atoms with Gasteiger partial charge in [0.15, 0.2) is 23.2 Å². The summed E-state index contributed by atoms with van der Waals surface area (Å²) in [4.78, 5) is 26.3. The Morgan fingerprint density at radius 1 is 0.796 bits per heavy atom. The Hall–Kier alpha value is -5.70. The monoisotopic (exact) mass is 731 g/mol. The minimum Gasteiger partial charge on any atom is -0.497 e. The minimum absolute atomic E-state index is 0.0469. The summed E-state index contributed by atoms with van der Waals surface area (Å²) in [5, 5.41) is 14.7. The van der Waals surface area contributed by atoms with Gasteiger partial charge in [0.1, 0.15) is 41.7 Å². The summed E-state index contributed by atoms with van der Waals surface area (Å²) >= 11 is 0. The number of ether oxygens (including phenoxy) is 6. The van der Waals surface area contributed by atoms with Crippen LogP contribution in [0.5, 0.6) is 11.5 Å². The minimum atomic E-state index is -1.14. The normalized spacial score (nSPS) is 18.4. The Morgan fingerprint density at radius 3 is 2.02 bits per heavy atom. The predicted molar refractivity (Wildman–Crippen MR) is 200 cm³/mol. The number of carbonyl (C=O) groups is 1. The van der Waals surface area contributed by atoms with Crippen LogP contribution in [0.3, 0.4) is 0 Å². The molecule has 0 saturated carbocycles. The first kappa shape index (κ1) is 36.6. The number of aliphatic hydroxyl groups excluding tert-OH is 1. The fourth-order valence-corrected chi connectivity index (χ4v) is 6.71. The molecule has 0 unspecified atom stereocenters. The van der Waals surface area contributed by atoms with Crippen molar-refractivity contribution in [1.29, 1.82) is 0 Å². The number of nitrogens with one attached hydrogen (secondary N) is 1. The molecule has 3 heterocycles. The van der Waals surface area contributed by atoms with Crippen LogP contribution < -0.4 is 14.8 Å². The predicted octanol–water partition coefficient (Wildman–Crippen LogP) is 5.39. The van der Waals surface area contributed by atoms with Crippen LogP contribution in [0.1, 0.15) is 33.3 Å². The van der Waals surface area contributed by atoms with Gasteiger partial charge in [-0.15, -0.1) is 0 Å². The summed E-state index contributed by atoms with van der Waals surface area (Å²) in [7, 11) is 4.82. The van der Waals surface area contributed by atoms with Gasteiger partial charge in [0, 0.05) is 12.7 Å². The van der Waals surface area contributed by atoms with Crippen LogP contribution in [0.2, 0.25) is 0 Å². The molecule has 0 spiro atoms. The van der Waals surface area contributed by atoms with Crippen LogP contribution in [0, 0.1) is 0 Å². The number of hydrogen-bond donors (Lipinski definition) is 2. The molecule has 1 amide bonds. The van der Waals surface area contributed by atoms with E-state index < -0.39 is 30.1 Å². The molecule has 1 fully saturated rings. The summed E-state index contributed by atoms with van der Waals surface area (Å²) in [6, 6.07) is 34.1. The number of benzene rings is 4. The van der Waals surface area contributed by atoms with Gasteiger partial charge in [-0.3, -0.25) is 9.36 Å². The van der Waals surface area contributed by atoms with E-state index in [-0.39, 0.29) is 24.9 Å². The topological polar surface area (TPSA) is 148 Å². The van der Waals surface area contributed by atoms with Crippen LogP contribution in [0.4, 0.5) is 5.82 Å². The number of hydrogen-bond acceptors (Lipinski definition) is 11. The highest BCUT2D eigenvalue weighted by atomic mass is 16.6. The Labute approximate surface area is 312 Å². The van der Waals surface area contributed by atoms with Gasteiger partial charge in [-0.25, -0.2) is 15.0 Å². The van der Waals surface area contributed by atoms with E-state index in [1.807, 2.05) is 84.9 Å². The second-order valence-electron chi connectivity index (χ2n) is 12.6. The van der Waals surface area contributed by atoms with Crippen molar-refractivity contribution in [2.45, 2.75) is 30.1 Å². The number of amides is 1. The Balaban J connectivity index is 1.24. The molecule has 1 saturated heterocycles. The molecule has 0 radical (unpaired) electrons. The highest BCUT2D eigenvalue weighted by Gasteiger charge is 2.48. The van der Waals surface area contributed by atoms with Gasteiger partial charge in [-0.1, -0.05) is 72.8 Å². The van der Waals surface area contributed by atoms with Crippen LogP contribution in [-0.4, -0.2) is 90.0 Å². The summed E-state index contributed by atoms with van der Waals surface area (Å²) in [5.74, 6) is 1.28. The molecule has 278 valence electrons. The Kier molecular flexibility index (Phi) is 11.2. The molecule has 0 aliphatic carbocycles. The smallest absolute Gasteiger partial charge is 0.256 e. The van der Waals surface area contributed by atoms with E-state index >= 15 is 0 Å². The van der Waals surface area contributed by atoms with Gasteiger partial charge >= 0.3 is 0 Å². The van der Waals surface area contributed by atoms with Crippen LogP contribution in [0.15, 0.2) is 122 Å². The van der Waals surface area contributed by atoms with E-state index in [4.69, 9.17) is 28.4 Å². The molecule has 1 aliphatic rings. The first-order valence-electron chi connectivity index (χ1n) is 17.4. The van der Waals surface area contributed by atoms with Crippen molar-refractivity contribution < 1.29 is 38.3 Å². The van der Waals surface area contributed by atoms with Gasteiger partial charge < -0.3 is 38.8 Å². The van der Waals surface area contributed by atoms with Gasteiger partial charge in [-0.2, -0.15) is 0 Å². The Bertz CT molecular complexity index is 2080. The zero-order chi connectivity index (χ0) is 37.5. The SMILES string of the molecule is COCCO[C@H]1[C@@H](O)[C@H](COC(c2ccccc2)(c2ccc(OC)cc2)c2ccc(OC)cc2)O[C@@H]1n1cnc2c(NC(=O)c3ccccc3)ncnc21. The van der Waals surface area contributed by atoms with Crippen molar-refractivity contribution in [2.75, 3.05) is 46.5 Å². The van der Waals surface area contributed by atoms with Crippen molar-refractivity contribution in [1.82, 2.24) is 19.5 Å². The van der Waals surface area contributed by atoms with Gasteiger partial charge in [0.2, 0.25) is 0 Å². The van der Waals surface area contributed by atoms with Crippen molar-refractivity contribution >= 4 is 22.9 Å². The van der Waals surface area contributed by atoms with E-state index in [1.54, 1.807) is 50.2 Å². The summed E-state index contributed by atoms with van der Waals surface area (Å²) in [5.41, 5.74) is 2.57. The molecule has 1 aliphatic heterocycles. The number of aromatic nitrogens is 4. The summed E-state index contributed by atoms with van der Waals surface area (Å²) in [6.07, 6.45) is -0.866. The van der Waals surface area contributed by atoms with E-state index in [1.165, 1.54) is 12.7 Å². The van der Waals surface area contributed by atoms with E-state index in [0.29, 0.717) is 34.8 Å². The number of fused-ring (bicyclic) bond motifs is 1. The van der Waals surface area contributed by atoms with Crippen LogP contribution in [0.25, 0.3) is 11.2 Å². The molecule has 2 aromatic heterocycles. The van der Waals surface area contributed by atoms with Crippen LogP contribution >= 0.6 is 0 Å². The quantitative estimate of drug-likeness (QED) is 0.103. The van der Waals surface area contributed by atoms with E-state index in [0.717, 1.165) is 16.7 Å². The number of methoxy groups -OCH3 is 3. The van der Waals surface area contributed by atoms with Crippen molar-refractivity contribution in [2.24, 2.45) is 0 Å². The lowest BCUT2D eigenvalue weighted by Crippen LogP contribution is -2.40. The van der Waals surface area contributed by atoms with Gasteiger partial charge in [-0.05, 0) is 53.1 Å². The van der Waals surface area contributed by atoms with Gasteiger partial charge in [0.05, 0.1) is 40.4 Å². The highest BCUT2D eigenvalue weighted by molar-refractivity contribution is 6.06. The number of rotatable bonds is 15. The molecule has 4 atom stereocenters. The molecule has 2 N–H and O–H groups in total. The molecular formula is C41H41N5O8. The maximum absolute atomic E-state index is 13.0. The average Bonchev–Trinajstić information content (AvgIpc) is 3.80. The fraction of sp³-hybridized carbons (Fsp3) is 0.268. The number of imidazole rings is 1. The lowest BCUT2D eigenvalue weighted by molar-refractivity contribution is -0.0970. The third-order valence-electron chi connectivity index (χ3n) is 9.45. The molecule has 7 rings (SSSR count). The van der Waals surface area contributed by atoms with Gasteiger partial charge in [0.25, 0.3) is 5.91 Å². The molecule has 13 nitrogen and oxygen atoms in total. The first-order chi connectivity index (χ1) is 26.5. The molecular weight excluding hydrogens is 690 g/mol. The number of anilines is 1. The average molecular weight is 732 g/mol. The van der Waals surface area contributed by atoms with E-state index in [9.17, 15) is 9.90 Å².